The van der Waals surface area contributed by atoms with Crippen LogP contribution in [-0.2, 0) is 14.3 Å². The zero-order valence-electron chi connectivity index (χ0n) is 26.6. The molecule has 0 radical (unpaired) electrons. The summed E-state index contributed by atoms with van der Waals surface area (Å²) in [6.45, 7) is 5.23. The number of aliphatic hydroxyl groups excluding tert-OH is 1. The number of unbranched alkanes of at least 4 members (excludes halogenated alkanes) is 17. The Balaban J connectivity index is 3.45. The molecule has 1 unspecified atom stereocenters. The lowest BCUT2D eigenvalue weighted by molar-refractivity contribution is -0.154. The van der Waals surface area contributed by atoms with Crippen molar-refractivity contribution < 1.29 is 19.4 Å². The number of ether oxygens (including phenoxy) is 2. The van der Waals surface area contributed by atoms with Crippen LogP contribution in [-0.4, -0.2) is 37.0 Å². The van der Waals surface area contributed by atoms with Crippen molar-refractivity contribution in [1.82, 2.24) is 0 Å². The summed E-state index contributed by atoms with van der Waals surface area (Å²) in [4.78, 5) is 12.1. The minimum atomic E-state index is -0.538. The first kappa shape index (κ1) is 38.6. The van der Waals surface area contributed by atoms with Gasteiger partial charge in [0, 0.05) is 13.0 Å². The Morgan fingerprint density at radius 1 is 0.600 bits per heavy atom. The molecule has 0 amide bonds. The molecule has 234 valence electrons. The molecule has 0 aliphatic rings. The highest BCUT2D eigenvalue weighted by Gasteiger charge is 2.13. The summed E-state index contributed by atoms with van der Waals surface area (Å²) < 4.78 is 11.1. The van der Waals surface area contributed by atoms with Gasteiger partial charge in [-0.2, -0.15) is 0 Å². The van der Waals surface area contributed by atoms with Crippen LogP contribution in [0.15, 0.2) is 36.5 Å². The quantitative estimate of drug-likeness (QED) is 0.0518. The van der Waals surface area contributed by atoms with E-state index in [1.165, 1.54) is 103 Å². The fraction of sp³-hybridized carbons (Fsp3) is 0.806. The number of hydrogen-bond donors (Lipinski definition) is 1. The molecule has 0 aromatic heterocycles. The Morgan fingerprint density at radius 3 is 1.68 bits per heavy atom. The van der Waals surface area contributed by atoms with Gasteiger partial charge < -0.3 is 14.6 Å². The normalized spacial score (nSPS) is 12.8. The molecular weight excluding hydrogens is 496 g/mol. The molecule has 0 aliphatic heterocycles. The molecule has 4 nitrogen and oxygen atoms in total. The van der Waals surface area contributed by atoms with E-state index < -0.39 is 6.10 Å². The van der Waals surface area contributed by atoms with Gasteiger partial charge in [0.2, 0.25) is 0 Å². The number of carbonyl (C=O) groups excluding carboxylic acids is 1. The number of allylic oxidation sites excluding steroid dienone is 6. The molecule has 0 aromatic rings. The van der Waals surface area contributed by atoms with Crippen molar-refractivity contribution >= 4 is 5.97 Å². The van der Waals surface area contributed by atoms with Crippen molar-refractivity contribution in [3.8, 4) is 0 Å². The van der Waals surface area contributed by atoms with Gasteiger partial charge in [-0.25, -0.2) is 0 Å². The van der Waals surface area contributed by atoms with Gasteiger partial charge in [-0.05, 0) is 64.2 Å². The van der Waals surface area contributed by atoms with Gasteiger partial charge >= 0.3 is 5.97 Å². The average Bonchev–Trinajstić information content (AvgIpc) is 2.96. The minimum absolute atomic E-state index is 0.177. The van der Waals surface area contributed by atoms with Gasteiger partial charge in [0.05, 0.1) is 13.2 Å². The van der Waals surface area contributed by atoms with E-state index in [0.29, 0.717) is 13.0 Å². The molecule has 1 N–H and O–H groups in total. The molecule has 0 aromatic carbocycles. The van der Waals surface area contributed by atoms with E-state index in [9.17, 15) is 9.90 Å². The number of esters is 1. The van der Waals surface area contributed by atoms with E-state index in [1.807, 2.05) is 0 Å². The van der Waals surface area contributed by atoms with E-state index in [-0.39, 0.29) is 19.2 Å². The second-order valence-corrected chi connectivity index (χ2v) is 11.2. The first-order valence-corrected chi connectivity index (χ1v) is 17.1. The third kappa shape index (κ3) is 31.1. The highest BCUT2D eigenvalue weighted by atomic mass is 16.6. The van der Waals surface area contributed by atoms with Gasteiger partial charge in [-0.15, -0.1) is 0 Å². The predicted octanol–water partition coefficient (Wildman–Crippen LogP) is 10.6. The summed E-state index contributed by atoms with van der Waals surface area (Å²) >= 11 is 0. The lowest BCUT2D eigenvalue weighted by atomic mass is 10.1. The van der Waals surface area contributed by atoms with Gasteiger partial charge in [0.15, 0.2) is 0 Å². The first-order valence-electron chi connectivity index (χ1n) is 17.1. The van der Waals surface area contributed by atoms with Gasteiger partial charge in [0.25, 0.3) is 0 Å². The molecule has 0 heterocycles. The summed E-state index contributed by atoms with van der Waals surface area (Å²) in [5.41, 5.74) is 0. The number of rotatable bonds is 31. The second-order valence-electron chi connectivity index (χ2n) is 11.2. The SMILES string of the molecule is CCC/C=C\CCCCCCCC(=O)OC(CO)COCCCCCCCCCC/C=C\C/C=C\CCCCC. The number of carbonyl (C=O) groups is 1. The van der Waals surface area contributed by atoms with Crippen LogP contribution in [0.1, 0.15) is 162 Å². The second kappa shape index (κ2) is 33.8. The van der Waals surface area contributed by atoms with Crippen LogP contribution < -0.4 is 0 Å². The summed E-state index contributed by atoms with van der Waals surface area (Å²) in [5.74, 6) is -0.216. The summed E-state index contributed by atoms with van der Waals surface area (Å²) in [5, 5.41) is 9.51. The topological polar surface area (TPSA) is 55.8 Å². The molecule has 1 atom stereocenters. The van der Waals surface area contributed by atoms with Crippen LogP contribution in [0.3, 0.4) is 0 Å². The largest absolute Gasteiger partial charge is 0.457 e. The summed E-state index contributed by atoms with van der Waals surface area (Å²) in [6, 6.07) is 0. The Bertz CT molecular complexity index is 596. The average molecular weight is 563 g/mol. The molecule has 40 heavy (non-hydrogen) atoms. The van der Waals surface area contributed by atoms with Gasteiger partial charge in [0.1, 0.15) is 6.10 Å². The number of hydrogen-bond acceptors (Lipinski definition) is 4. The van der Waals surface area contributed by atoms with Crippen LogP contribution in [0.2, 0.25) is 0 Å². The van der Waals surface area contributed by atoms with Crippen molar-refractivity contribution in [2.24, 2.45) is 0 Å². The highest BCUT2D eigenvalue weighted by Crippen LogP contribution is 2.11. The zero-order valence-corrected chi connectivity index (χ0v) is 26.6. The molecule has 0 rings (SSSR count). The van der Waals surface area contributed by atoms with E-state index in [4.69, 9.17) is 9.47 Å². The maximum atomic E-state index is 12.1. The van der Waals surface area contributed by atoms with Crippen LogP contribution in [0, 0.1) is 0 Å². The molecule has 0 bridgehead atoms. The minimum Gasteiger partial charge on any atom is -0.457 e. The Hall–Kier alpha value is -1.39. The van der Waals surface area contributed by atoms with Gasteiger partial charge in [-0.1, -0.05) is 127 Å². The predicted molar refractivity (Wildman–Crippen MR) is 173 cm³/mol. The van der Waals surface area contributed by atoms with Crippen molar-refractivity contribution in [1.29, 1.82) is 0 Å². The number of aliphatic hydroxyl groups is 1. The maximum Gasteiger partial charge on any atom is 0.306 e. The lowest BCUT2D eigenvalue weighted by Gasteiger charge is -2.15. The monoisotopic (exact) mass is 562 g/mol. The van der Waals surface area contributed by atoms with E-state index in [0.717, 1.165) is 38.5 Å². The van der Waals surface area contributed by atoms with E-state index in [1.54, 1.807) is 0 Å². The Morgan fingerprint density at radius 2 is 1.10 bits per heavy atom. The van der Waals surface area contributed by atoms with E-state index >= 15 is 0 Å². The van der Waals surface area contributed by atoms with Crippen LogP contribution in [0.5, 0.6) is 0 Å². The fourth-order valence-electron chi connectivity index (χ4n) is 4.59. The summed E-state index contributed by atoms with van der Waals surface area (Å²) in [6.07, 6.45) is 40.4. The maximum absolute atomic E-state index is 12.1. The van der Waals surface area contributed by atoms with Crippen LogP contribution >= 0.6 is 0 Å². The lowest BCUT2D eigenvalue weighted by Crippen LogP contribution is -2.27. The third-order valence-corrected chi connectivity index (χ3v) is 7.17. The van der Waals surface area contributed by atoms with Crippen LogP contribution in [0.4, 0.5) is 0 Å². The molecule has 0 aliphatic carbocycles. The molecule has 0 spiro atoms. The zero-order chi connectivity index (χ0) is 29.2. The van der Waals surface area contributed by atoms with Crippen molar-refractivity contribution in [3.63, 3.8) is 0 Å². The molecular formula is C36H66O4. The standard InChI is InChI=1S/C36H66O4/c1-3-5-7-9-11-13-15-16-17-18-19-20-21-22-24-26-28-30-32-39-34-35(33-37)40-36(38)31-29-27-25-23-14-12-10-8-6-4-2/h8,10-11,13,16-17,35,37H,3-7,9,12,14-15,18-34H2,1-2H3/b10-8-,13-11-,17-16-. The van der Waals surface area contributed by atoms with Crippen molar-refractivity contribution in [2.45, 2.75) is 168 Å². The Kier molecular flexibility index (Phi) is 32.6. The first-order chi connectivity index (χ1) is 19.7. The van der Waals surface area contributed by atoms with Crippen molar-refractivity contribution in [3.05, 3.63) is 36.5 Å². The van der Waals surface area contributed by atoms with E-state index in [2.05, 4.69) is 50.3 Å². The molecule has 4 heteroatoms. The summed E-state index contributed by atoms with van der Waals surface area (Å²) in [7, 11) is 0. The van der Waals surface area contributed by atoms with Crippen LogP contribution in [0.25, 0.3) is 0 Å². The Labute approximate surface area is 249 Å². The molecule has 0 saturated heterocycles. The van der Waals surface area contributed by atoms with Crippen molar-refractivity contribution in [2.75, 3.05) is 19.8 Å². The molecule has 0 saturated carbocycles. The highest BCUT2D eigenvalue weighted by molar-refractivity contribution is 5.69. The third-order valence-electron chi connectivity index (χ3n) is 7.17. The molecule has 0 fully saturated rings. The fourth-order valence-corrected chi connectivity index (χ4v) is 4.59. The van der Waals surface area contributed by atoms with Gasteiger partial charge in [-0.3, -0.25) is 4.79 Å². The smallest absolute Gasteiger partial charge is 0.306 e.